The number of ketones is 1. The second-order valence-corrected chi connectivity index (χ2v) is 6.02. The first-order chi connectivity index (χ1) is 12.5. The number of carbonyl (C=O) groups excluding carboxylic acids is 1. The Bertz CT molecular complexity index is 704. The van der Waals surface area contributed by atoms with Gasteiger partial charge >= 0.3 is 0 Å². The van der Waals surface area contributed by atoms with Gasteiger partial charge in [0.25, 0.3) is 0 Å². The summed E-state index contributed by atoms with van der Waals surface area (Å²) in [6.45, 7) is 0.871. The zero-order valence-electron chi connectivity index (χ0n) is 14.5. The van der Waals surface area contributed by atoms with Crippen molar-refractivity contribution in [3.63, 3.8) is 0 Å². The first-order valence-electron chi connectivity index (χ1n) is 8.38. The first kappa shape index (κ1) is 19.8. The number of nitrogens with two attached hydrogens (primary N) is 1. The molecule has 1 aromatic carbocycles. The minimum atomic E-state index is -0.387. The minimum absolute atomic E-state index is 0.150. The van der Waals surface area contributed by atoms with Crippen LogP contribution in [0.3, 0.4) is 0 Å². The molecule has 0 spiro atoms. The zero-order chi connectivity index (χ0) is 19.0. The number of hydrogen-bond acceptors (Lipinski definition) is 7. The van der Waals surface area contributed by atoms with Crippen LogP contribution in [0.1, 0.15) is 0 Å². The topological polar surface area (TPSA) is 128 Å². The number of hydroxylamine groups is 3. The number of allylic oxidation sites excluding steroid dienone is 3. The van der Waals surface area contributed by atoms with Crippen molar-refractivity contribution >= 4 is 22.9 Å². The first-order valence-corrected chi connectivity index (χ1v) is 8.38. The van der Waals surface area contributed by atoms with Crippen LogP contribution >= 0.6 is 0 Å². The third-order valence-corrected chi connectivity index (χ3v) is 4.01. The van der Waals surface area contributed by atoms with E-state index in [9.17, 15) is 10.0 Å². The van der Waals surface area contributed by atoms with E-state index < -0.39 is 0 Å². The van der Waals surface area contributed by atoms with E-state index in [1.165, 1.54) is 12.2 Å². The fourth-order valence-electron chi connectivity index (χ4n) is 2.54. The summed E-state index contributed by atoms with van der Waals surface area (Å²) >= 11 is 0. The van der Waals surface area contributed by atoms with Crippen LogP contribution in [0.5, 0.6) is 0 Å². The van der Waals surface area contributed by atoms with Crippen molar-refractivity contribution in [2.75, 3.05) is 44.7 Å². The normalized spacial score (nSPS) is 16.0. The van der Waals surface area contributed by atoms with Crippen molar-refractivity contribution < 1.29 is 24.9 Å². The number of aliphatic hydroxyl groups excluding tert-OH is 2. The van der Waals surface area contributed by atoms with Crippen molar-refractivity contribution in [2.24, 2.45) is 10.7 Å². The van der Waals surface area contributed by atoms with Gasteiger partial charge in [-0.3, -0.25) is 4.79 Å². The second-order valence-electron chi connectivity index (χ2n) is 6.02. The van der Waals surface area contributed by atoms with Gasteiger partial charge < -0.3 is 21.3 Å². The van der Waals surface area contributed by atoms with Crippen molar-refractivity contribution in [1.29, 1.82) is 0 Å². The lowest BCUT2D eigenvalue weighted by molar-refractivity contribution is -1.10. The highest BCUT2D eigenvalue weighted by Gasteiger charge is 2.23. The van der Waals surface area contributed by atoms with E-state index in [1.807, 2.05) is 24.3 Å². The van der Waals surface area contributed by atoms with E-state index in [-0.39, 0.29) is 36.7 Å². The van der Waals surface area contributed by atoms with Crippen molar-refractivity contribution in [2.45, 2.75) is 0 Å². The molecule has 0 bridgehead atoms. The molecule has 6 N–H and O–H groups in total. The lowest BCUT2D eigenvalue weighted by Crippen LogP contribution is -2.51. The lowest BCUT2D eigenvalue weighted by Gasteiger charge is -2.29. The maximum Gasteiger partial charge on any atom is 0.180 e. The number of nitrogens with zero attached hydrogens (tertiary/aromatic N) is 2. The molecule has 140 valence electrons. The Labute approximate surface area is 152 Å². The molecule has 1 aromatic rings. The SMILES string of the molecule is NC1=CC(=O)C=CC1=Nc1ccc(NCC[N+](O)(CCO)CCO)cc1. The number of carbonyl (C=O) groups is 1. The molecule has 0 amide bonds. The number of rotatable bonds is 9. The molecule has 8 nitrogen and oxygen atoms in total. The van der Waals surface area contributed by atoms with Crippen LogP contribution in [-0.2, 0) is 4.79 Å². The summed E-state index contributed by atoms with van der Waals surface area (Å²) in [5.74, 6) is -0.151. The monoisotopic (exact) mass is 361 g/mol. The van der Waals surface area contributed by atoms with E-state index >= 15 is 0 Å². The number of aliphatic imine (C=N–C) groups is 1. The van der Waals surface area contributed by atoms with Gasteiger partial charge in [0, 0.05) is 11.8 Å². The predicted octanol–water partition coefficient (Wildman–Crippen LogP) is 0.343. The molecule has 0 saturated heterocycles. The Morgan fingerprint density at radius 1 is 1.04 bits per heavy atom. The summed E-state index contributed by atoms with van der Waals surface area (Å²) in [5, 5.41) is 31.5. The molecule has 1 aliphatic rings. The van der Waals surface area contributed by atoms with Crippen molar-refractivity contribution in [3.05, 3.63) is 48.2 Å². The summed E-state index contributed by atoms with van der Waals surface area (Å²) in [6.07, 6.45) is 4.35. The third-order valence-electron chi connectivity index (χ3n) is 4.01. The molecule has 0 aromatic heterocycles. The lowest BCUT2D eigenvalue weighted by atomic mass is 10.1. The van der Waals surface area contributed by atoms with Gasteiger partial charge in [0.05, 0.1) is 36.9 Å². The molecule has 0 radical (unpaired) electrons. The van der Waals surface area contributed by atoms with E-state index in [0.717, 1.165) is 5.69 Å². The van der Waals surface area contributed by atoms with Crippen molar-refractivity contribution in [1.82, 2.24) is 0 Å². The van der Waals surface area contributed by atoms with E-state index in [4.69, 9.17) is 15.9 Å². The number of aliphatic hydroxyl groups is 2. The van der Waals surface area contributed by atoms with Gasteiger partial charge in [0.1, 0.15) is 19.6 Å². The molecular weight excluding hydrogens is 336 g/mol. The number of hydrogen-bond donors (Lipinski definition) is 5. The summed E-state index contributed by atoms with van der Waals surface area (Å²) in [4.78, 5) is 15.6. The fourth-order valence-corrected chi connectivity index (χ4v) is 2.54. The van der Waals surface area contributed by atoms with Crippen LogP contribution in [0.15, 0.2) is 53.2 Å². The standard InChI is InChI=1S/C18H24N4O4/c19-17-13-16(25)5-6-18(17)21-15-3-1-14(2-4-15)20-7-8-22(26,9-11-23)10-12-24/h1-6,13,23-24,26H,7-12H2,(H2-,19,20,25)/p+1. The van der Waals surface area contributed by atoms with Crippen LogP contribution in [-0.4, -0.2) is 71.0 Å². The summed E-state index contributed by atoms with van der Waals surface area (Å²) in [5.41, 5.74) is 8.22. The maximum absolute atomic E-state index is 11.2. The maximum atomic E-state index is 11.2. The number of anilines is 1. The Balaban J connectivity index is 1.93. The smallest absolute Gasteiger partial charge is 0.180 e. The van der Waals surface area contributed by atoms with Gasteiger partial charge in [-0.1, -0.05) is 0 Å². The summed E-state index contributed by atoms with van der Waals surface area (Å²) in [7, 11) is 0. The highest BCUT2D eigenvalue weighted by molar-refractivity contribution is 6.19. The van der Waals surface area contributed by atoms with Crippen LogP contribution in [0.25, 0.3) is 0 Å². The molecule has 0 saturated carbocycles. The number of benzene rings is 1. The Kier molecular flexibility index (Phi) is 7.05. The molecule has 0 fully saturated rings. The molecular formula is C18H25N4O4+. The molecule has 8 heteroatoms. The second kappa shape index (κ2) is 9.25. The quantitative estimate of drug-likeness (QED) is 0.245. The average molecular weight is 361 g/mol. The predicted molar refractivity (Wildman–Crippen MR) is 99.3 cm³/mol. The zero-order valence-corrected chi connectivity index (χ0v) is 14.5. The number of quaternary nitrogens is 1. The molecule has 0 unspecified atom stereocenters. The van der Waals surface area contributed by atoms with Crippen LogP contribution in [0.2, 0.25) is 0 Å². The van der Waals surface area contributed by atoms with Gasteiger partial charge in [-0.05, 0) is 36.4 Å². The van der Waals surface area contributed by atoms with Crippen LogP contribution < -0.4 is 11.1 Å². The number of nitrogens with one attached hydrogen (secondary N) is 1. The van der Waals surface area contributed by atoms with Gasteiger partial charge in [-0.2, -0.15) is 4.65 Å². The van der Waals surface area contributed by atoms with E-state index in [1.54, 1.807) is 6.08 Å². The van der Waals surface area contributed by atoms with E-state index in [0.29, 0.717) is 30.2 Å². The minimum Gasteiger partial charge on any atom is -0.397 e. The van der Waals surface area contributed by atoms with Gasteiger partial charge in [0.15, 0.2) is 5.78 Å². The van der Waals surface area contributed by atoms with Gasteiger partial charge in [-0.15, -0.1) is 0 Å². The molecule has 26 heavy (non-hydrogen) atoms. The highest BCUT2D eigenvalue weighted by Crippen LogP contribution is 2.18. The molecule has 0 atom stereocenters. The highest BCUT2D eigenvalue weighted by atomic mass is 16.5. The Morgan fingerprint density at radius 2 is 1.69 bits per heavy atom. The molecule has 0 aliphatic heterocycles. The molecule has 1 aliphatic carbocycles. The van der Waals surface area contributed by atoms with Crippen LogP contribution in [0.4, 0.5) is 11.4 Å². The average Bonchev–Trinajstić information content (AvgIpc) is 2.59. The van der Waals surface area contributed by atoms with Crippen LogP contribution in [0, 0.1) is 0 Å². The van der Waals surface area contributed by atoms with Gasteiger partial charge in [-0.25, -0.2) is 10.2 Å². The third kappa shape index (κ3) is 5.78. The Morgan fingerprint density at radius 3 is 2.27 bits per heavy atom. The Hall–Kier alpha value is -2.52. The molecule has 2 rings (SSSR count). The summed E-state index contributed by atoms with van der Waals surface area (Å²) < 4.78 is -0.387. The van der Waals surface area contributed by atoms with Crippen molar-refractivity contribution in [3.8, 4) is 0 Å². The largest absolute Gasteiger partial charge is 0.397 e. The molecule has 0 heterocycles. The van der Waals surface area contributed by atoms with E-state index in [2.05, 4.69) is 10.3 Å². The van der Waals surface area contributed by atoms with Gasteiger partial charge in [0.2, 0.25) is 0 Å². The fraction of sp³-hybridized carbons (Fsp3) is 0.333. The summed E-state index contributed by atoms with van der Waals surface area (Å²) in [6, 6.07) is 7.33.